The largest absolute Gasteiger partial charge is 0.298 e. The lowest BCUT2D eigenvalue weighted by Gasteiger charge is -2.09. The smallest absolute Gasteiger partial charge is 0.259 e. The van der Waals surface area contributed by atoms with E-state index < -0.39 is 0 Å². The molecule has 0 atom stereocenters. The maximum absolute atomic E-state index is 12.8. The van der Waals surface area contributed by atoms with Gasteiger partial charge >= 0.3 is 0 Å². The zero-order valence-corrected chi connectivity index (χ0v) is 15.0. The molecular weight excluding hydrogens is 362 g/mol. The van der Waals surface area contributed by atoms with Crippen LogP contribution in [0.15, 0.2) is 54.6 Å². The van der Waals surface area contributed by atoms with E-state index in [0.717, 1.165) is 5.69 Å². The number of fused-ring (bicyclic) bond motifs is 1. The molecule has 3 heterocycles. The first kappa shape index (κ1) is 16.9. The van der Waals surface area contributed by atoms with Gasteiger partial charge in [-0.25, -0.2) is 15.0 Å². The monoisotopic (exact) mass is 375 g/mol. The Bertz CT molecular complexity index is 1160. The number of amides is 1. The van der Waals surface area contributed by atoms with Crippen LogP contribution in [0, 0.1) is 6.92 Å². The molecule has 0 aliphatic heterocycles. The van der Waals surface area contributed by atoms with Crippen molar-refractivity contribution in [3.8, 4) is 0 Å². The second-order valence-corrected chi connectivity index (χ2v) is 6.66. The molecule has 3 aromatic heterocycles. The van der Waals surface area contributed by atoms with Crippen LogP contribution in [0.5, 0.6) is 0 Å². The quantitative estimate of drug-likeness (QED) is 0.550. The summed E-state index contributed by atoms with van der Waals surface area (Å²) in [7, 11) is 0. The van der Waals surface area contributed by atoms with Gasteiger partial charge in [0.25, 0.3) is 5.91 Å². The molecule has 1 aromatic carbocycles. The summed E-state index contributed by atoms with van der Waals surface area (Å²) in [5.41, 5.74) is 2.37. The number of rotatable bonds is 4. The Balaban J connectivity index is 1.79. The van der Waals surface area contributed by atoms with Crippen molar-refractivity contribution < 1.29 is 9.59 Å². The fourth-order valence-corrected chi connectivity index (χ4v) is 3.34. The van der Waals surface area contributed by atoms with Crippen molar-refractivity contribution in [1.29, 1.82) is 0 Å². The predicted molar refractivity (Wildman–Crippen MR) is 102 cm³/mol. The summed E-state index contributed by atoms with van der Waals surface area (Å²) in [6.07, 6.45) is 5.86. The van der Waals surface area contributed by atoms with Crippen LogP contribution in [-0.4, -0.2) is 31.6 Å². The minimum absolute atomic E-state index is 0.263. The van der Waals surface area contributed by atoms with Gasteiger partial charge in [-0.15, -0.1) is 11.3 Å². The van der Waals surface area contributed by atoms with E-state index in [2.05, 4.69) is 25.3 Å². The van der Waals surface area contributed by atoms with E-state index in [1.54, 1.807) is 24.4 Å². The number of aryl methyl sites for hydroxylation is 1. The average molecular weight is 375 g/mol. The van der Waals surface area contributed by atoms with Gasteiger partial charge in [0.1, 0.15) is 6.33 Å². The Morgan fingerprint density at radius 2 is 1.93 bits per heavy atom. The summed E-state index contributed by atoms with van der Waals surface area (Å²) in [5, 5.41) is 5.81. The van der Waals surface area contributed by atoms with Gasteiger partial charge in [-0.3, -0.25) is 19.9 Å². The molecule has 1 N–H and O–H groups in total. The molecule has 0 bridgehead atoms. The number of benzene rings is 1. The highest BCUT2D eigenvalue weighted by Crippen LogP contribution is 2.23. The molecule has 4 aromatic rings. The molecule has 132 valence electrons. The number of pyridine rings is 1. The van der Waals surface area contributed by atoms with Gasteiger partial charge in [-0.2, -0.15) is 0 Å². The first-order chi connectivity index (χ1) is 13.1. The molecular formula is C19H13N5O2S. The lowest BCUT2D eigenvalue weighted by atomic mass is 9.99. The molecule has 0 saturated heterocycles. The van der Waals surface area contributed by atoms with Crippen LogP contribution in [0.25, 0.3) is 10.9 Å². The van der Waals surface area contributed by atoms with E-state index in [4.69, 9.17) is 0 Å². The van der Waals surface area contributed by atoms with Gasteiger partial charge in [0, 0.05) is 34.9 Å². The second kappa shape index (κ2) is 7.00. The van der Waals surface area contributed by atoms with Gasteiger partial charge in [0.05, 0.1) is 22.3 Å². The van der Waals surface area contributed by atoms with E-state index in [-0.39, 0.29) is 11.7 Å². The summed E-state index contributed by atoms with van der Waals surface area (Å²) >= 11 is 1.34. The molecule has 0 radical (unpaired) electrons. The number of carbonyl (C=O) groups excluding carboxylic acids is 2. The molecule has 1 amide bonds. The number of hydrogen-bond donors (Lipinski definition) is 1. The molecule has 27 heavy (non-hydrogen) atoms. The highest BCUT2D eigenvalue weighted by molar-refractivity contribution is 7.13. The minimum Gasteiger partial charge on any atom is -0.298 e. The van der Waals surface area contributed by atoms with Crippen LogP contribution < -0.4 is 5.32 Å². The molecule has 0 fully saturated rings. The lowest BCUT2D eigenvalue weighted by molar-refractivity contribution is 0.102. The predicted octanol–water partition coefficient (Wildman–Crippen LogP) is 3.27. The van der Waals surface area contributed by atoms with Crippen LogP contribution in [0.1, 0.15) is 32.0 Å². The SMILES string of the molecule is Cc1csc(NC(=O)c2cc(C(=O)c3cncnc3)cc3cccnc23)n1. The number of carbonyl (C=O) groups is 2. The average Bonchev–Trinajstić information content (AvgIpc) is 3.11. The van der Waals surface area contributed by atoms with E-state index in [1.807, 2.05) is 18.4 Å². The van der Waals surface area contributed by atoms with Crippen molar-refractivity contribution in [1.82, 2.24) is 19.9 Å². The van der Waals surface area contributed by atoms with Gasteiger partial charge < -0.3 is 0 Å². The minimum atomic E-state index is -0.369. The number of ketones is 1. The Labute approximate surface area is 158 Å². The third-order valence-corrected chi connectivity index (χ3v) is 4.75. The van der Waals surface area contributed by atoms with Crippen LogP contribution in [0.2, 0.25) is 0 Å². The topological polar surface area (TPSA) is 97.7 Å². The molecule has 8 heteroatoms. The molecule has 0 aliphatic carbocycles. The maximum atomic E-state index is 12.8. The number of nitrogens with one attached hydrogen (secondary N) is 1. The molecule has 0 spiro atoms. The van der Waals surface area contributed by atoms with Crippen molar-refractivity contribution in [3.63, 3.8) is 0 Å². The Morgan fingerprint density at radius 3 is 2.67 bits per heavy atom. The van der Waals surface area contributed by atoms with Crippen molar-refractivity contribution in [2.75, 3.05) is 5.32 Å². The fourth-order valence-electron chi connectivity index (χ4n) is 2.66. The number of aromatic nitrogens is 4. The third kappa shape index (κ3) is 3.42. The molecule has 0 unspecified atom stereocenters. The summed E-state index contributed by atoms with van der Waals surface area (Å²) < 4.78 is 0. The van der Waals surface area contributed by atoms with Crippen molar-refractivity contribution in [3.05, 3.63) is 76.9 Å². The Morgan fingerprint density at radius 1 is 1.11 bits per heavy atom. The van der Waals surface area contributed by atoms with Gasteiger partial charge in [0.15, 0.2) is 10.9 Å². The number of anilines is 1. The van der Waals surface area contributed by atoms with Gasteiger partial charge in [0.2, 0.25) is 0 Å². The normalized spacial score (nSPS) is 10.7. The maximum Gasteiger partial charge on any atom is 0.259 e. The summed E-state index contributed by atoms with van der Waals surface area (Å²) in [4.78, 5) is 41.9. The van der Waals surface area contributed by atoms with Crippen LogP contribution in [-0.2, 0) is 0 Å². The van der Waals surface area contributed by atoms with Gasteiger partial charge in [-0.1, -0.05) is 6.07 Å². The van der Waals surface area contributed by atoms with E-state index in [9.17, 15) is 9.59 Å². The summed E-state index contributed by atoms with van der Waals surface area (Å²) in [6, 6.07) is 6.82. The number of hydrogen-bond acceptors (Lipinski definition) is 7. The molecule has 4 rings (SSSR count). The summed E-state index contributed by atoms with van der Waals surface area (Å²) in [5.74, 6) is -0.632. The van der Waals surface area contributed by atoms with Crippen molar-refractivity contribution >= 4 is 39.1 Å². The van der Waals surface area contributed by atoms with Crippen molar-refractivity contribution in [2.45, 2.75) is 6.92 Å². The van der Waals surface area contributed by atoms with Crippen molar-refractivity contribution in [2.24, 2.45) is 0 Å². The van der Waals surface area contributed by atoms with E-state index in [1.165, 1.54) is 30.1 Å². The first-order valence-corrected chi connectivity index (χ1v) is 8.92. The summed E-state index contributed by atoms with van der Waals surface area (Å²) in [6.45, 7) is 1.85. The van der Waals surface area contributed by atoms with Crippen LogP contribution in [0.4, 0.5) is 5.13 Å². The zero-order chi connectivity index (χ0) is 18.8. The second-order valence-electron chi connectivity index (χ2n) is 5.80. The molecule has 0 aliphatic rings. The highest BCUT2D eigenvalue weighted by Gasteiger charge is 2.18. The molecule has 0 saturated carbocycles. The Hall–Kier alpha value is -3.52. The van der Waals surface area contributed by atoms with Gasteiger partial charge in [-0.05, 0) is 25.1 Å². The third-order valence-electron chi connectivity index (χ3n) is 3.87. The van der Waals surface area contributed by atoms with E-state index in [0.29, 0.717) is 32.7 Å². The number of thiazole rings is 1. The Kier molecular flexibility index (Phi) is 4.39. The van der Waals surface area contributed by atoms with Crippen LogP contribution in [0.3, 0.4) is 0 Å². The standard InChI is InChI=1S/C19H13N5O2S/c1-11-9-27-19(23-11)24-18(26)15-6-13(5-12-3-2-4-22-16(12)15)17(25)14-7-20-10-21-8-14/h2-10H,1H3,(H,23,24,26). The molecule has 7 nitrogen and oxygen atoms in total. The van der Waals surface area contributed by atoms with Crippen LogP contribution >= 0.6 is 11.3 Å². The fraction of sp³-hybridized carbons (Fsp3) is 0.0526. The zero-order valence-electron chi connectivity index (χ0n) is 14.2. The highest BCUT2D eigenvalue weighted by atomic mass is 32.1. The lowest BCUT2D eigenvalue weighted by Crippen LogP contribution is -2.14. The number of nitrogens with zero attached hydrogens (tertiary/aromatic N) is 4. The first-order valence-electron chi connectivity index (χ1n) is 8.04. The van der Waals surface area contributed by atoms with E-state index >= 15 is 0 Å².